The van der Waals surface area contributed by atoms with Gasteiger partial charge in [0.2, 0.25) is 16.9 Å². The number of nitrogens with one attached hydrogen (secondary N) is 1. The molecule has 0 unspecified atom stereocenters. The van der Waals surface area contributed by atoms with Crippen LogP contribution < -0.4 is 15.0 Å². The number of aromatic nitrogens is 2. The van der Waals surface area contributed by atoms with E-state index in [1.54, 1.807) is 54.5 Å². The van der Waals surface area contributed by atoms with Gasteiger partial charge in [-0.05, 0) is 36.4 Å². The summed E-state index contributed by atoms with van der Waals surface area (Å²) in [6.07, 6.45) is 0.0753. The minimum Gasteiger partial charge on any atom is -0.497 e. The summed E-state index contributed by atoms with van der Waals surface area (Å²) in [6.45, 7) is 0.241. The molecule has 1 aliphatic heterocycles. The lowest BCUT2D eigenvalue weighted by atomic mass is 10.1. The molecule has 1 saturated heterocycles. The SMILES string of the molecule is COc1ccc(N2C[C@@H](C(=O)Nc3nnc(CS(=O)(=O)c4ccccc4)s3)CC2=O)cc1. The normalized spacial score (nSPS) is 16.2. The Balaban J connectivity index is 1.38. The van der Waals surface area contributed by atoms with Gasteiger partial charge in [0, 0.05) is 18.7 Å². The van der Waals surface area contributed by atoms with E-state index in [9.17, 15) is 18.0 Å². The Bertz CT molecular complexity index is 1230. The first-order valence-electron chi connectivity index (χ1n) is 9.71. The van der Waals surface area contributed by atoms with Crippen LogP contribution in [0.5, 0.6) is 5.75 Å². The minimum absolute atomic E-state index is 0.0753. The largest absolute Gasteiger partial charge is 0.497 e. The second kappa shape index (κ2) is 9.05. The summed E-state index contributed by atoms with van der Waals surface area (Å²) >= 11 is 0.998. The molecular formula is C21H20N4O5S2. The average Bonchev–Trinajstić information content (AvgIpc) is 3.40. The Morgan fingerprint density at radius 3 is 2.56 bits per heavy atom. The van der Waals surface area contributed by atoms with Gasteiger partial charge in [-0.25, -0.2) is 8.42 Å². The molecule has 166 valence electrons. The summed E-state index contributed by atoms with van der Waals surface area (Å²) in [6, 6.07) is 15.1. The average molecular weight is 473 g/mol. The predicted molar refractivity (Wildman–Crippen MR) is 119 cm³/mol. The Kier molecular flexibility index (Phi) is 6.19. The molecule has 2 amide bonds. The number of anilines is 2. The van der Waals surface area contributed by atoms with Crippen molar-refractivity contribution in [3.05, 3.63) is 59.6 Å². The first-order chi connectivity index (χ1) is 15.4. The molecule has 3 aromatic rings. The van der Waals surface area contributed by atoms with Gasteiger partial charge in [0.15, 0.2) is 9.84 Å². The molecule has 1 aliphatic rings. The fourth-order valence-electron chi connectivity index (χ4n) is 3.34. The predicted octanol–water partition coefficient (Wildman–Crippen LogP) is 2.51. The second-order valence-electron chi connectivity index (χ2n) is 7.17. The maximum atomic E-state index is 12.7. The van der Waals surface area contributed by atoms with Crippen LogP contribution in [0.3, 0.4) is 0 Å². The number of carbonyl (C=O) groups excluding carboxylic acids is 2. The molecule has 0 spiro atoms. The number of benzene rings is 2. The fourth-order valence-corrected chi connectivity index (χ4v) is 5.70. The van der Waals surface area contributed by atoms with E-state index in [0.717, 1.165) is 11.3 Å². The van der Waals surface area contributed by atoms with Gasteiger partial charge in [0.1, 0.15) is 16.5 Å². The van der Waals surface area contributed by atoms with E-state index >= 15 is 0 Å². The van der Waals surface area contributed by atoms with E-state index in [1.165, 1.54) is 12.1 Å². The van der Waals surface area contributed by atoms with E-state index in [-0.39, 0.29) is 45.6 Å². The number of ether oxygens (including phenoxy) is 1. The molecule has 2 heterocycles. The number of rotatable bonds is 7. The molecule has 0 bridgehead atoms. The highest BCUT2D eigenvalue weighted by Gasteiger charge is 2.35. The van der Waals surface area contributed by atoms with E-state index < -0.39 is 15.8 Å². The van der Waals surface area contributed by atoms with E-state index in [0.29, 0.717) is 11.4 Å². The number of hydrogen-bond donors (Lipinski definition) is 1. The molecule has 1 fully saturated rings. The van der Waals surface area contributed by atoms with Crippen molar-refractivity contribution in [3.63, 3.8) is 0 Å². The van der Waals surface area contributed by atoms with Crippen LogP contribution in [0.15, 0.2) is 59.5 Å². The van der Waals surface area contributed by atoms with Crippen molar-refractivity contribution in [2.45, 2.75) is 17.1 Å². The molecule has 2 aromatic carbocycles. The van der Waals surface area contributed by atoms with Crippen molar-refractivity contribution in [1.29, 1.82) is 0 Å². The molecule has 0 saturated carbocycles. The number of carbonyl (C=O) groups is 2. The Labute approximate surface area is 189 Å². The molecule has 32 heavy (non-hydrogen) atoms. The second-order valence-corrected chi connectivity index (χ2v) is 10.2. The summed E-state index contributed by atoms with van der Waals surface area (Å²) in [7, 11) is -2.00. The van der Waals surface area contributed by atoms with Crippen molar-refractivity contribution >= 4 is 43.8 Å². The van der Waals surface area contributed by atoms with Gasteiger partial charge >= 0.3 is 0 Å². The summed E-state index contributed by atoms with van der Waals surface area (Å²) < 4.78 is 30.1. The number of nitrogens with zero attached hydrogens (tertiary/aromatic N) is 3. The highest BCUT2D eigenvalue weighted by atomic mass is 32.2. The molecule has 1 N–H and O–H groups in total. The van der Waals surface area contributed by atoms with Crippen LogP contribution >= 0.6 is 11.3 Å². The molecule has 11 heteroatoms. The zero-order valence-corrected chi connectivity index (χ0v) is 18.7. The highest BCUT2D eigenvalue weighted by Crippen LogP contribution is 2.28. The van der Waals surface area contributed by atoms with Crippen molar-refractivity contribution in [2.75, 3.05) is 23.9 Å². The summed E-state index contributed by atoms with van der Waals surface area (Å²) in [5.41, 5.74) is 0.690. The van der Waals surface area contributed by atoms with Crippen molar-refractivity contribution in [1.82, 2.24) is 10.2 Å². The van der Waals surface area contributed by atoms with Crippen LogP contribution in [0.25, 0.3) is 0 Å². The van der Waals surface area contributed by atoms with Crippen molar-refractivity contribution in [3.8, 4) is 5.75 Å². The van der Waals surface area contributed by atoms with Gasteiger partial charge < -0.3 is 15.0 Å². The molecule has 0 radical (unpaired) electrons. The van der Waals surface area contributed by atoms with Gasteiger partial charge in [0.05, 0.1) is 17.9 Å². The quantitative estimate of drug-likeness (QED) is 0.561. The lowest BCUT2D eigenvalue weighted by Crippen LogP contribution is -2.28. The minimum atomic E-state index is -3.56. The van der Waals surface area contributed by atoms with Crippen molar-refractivity contribution in [2.24, 2.45) is 5.92 Å². The van der Waals surface area contributed by atoms with E-state index in [1.807, 2.05) is 0 Å². The zero-order valence-electron chi connectivity index (χ0n) is 17.1. The summed E-state index contributed by atoms with van der Waals surface area (Å²) in [5, 5.41) is 10.9. The third kappa shape index (κ3) is 4.78. The molecule has 9 nitrogen and oxygen atoms in total. The van der Waals surface area contributed by atoms with Crippen LogP contribution in [-0.2, 0) is 25.2 Å². The van der Waals surface area contributed by atoms with Gasteiger partial charge in [-0.1, -0.05) is 29.5 Å². The van der Waals surface area contributed by atoms with Crippen LogP contribution in [0.4, 0.5) is 10.8 Å². The Morgan fingerprint density at radius 1 is 1.16 bits per heavy atom. The smallest absolute Gasteiger partial charge is 0.231 e. The highest BCUT2D eigenvalue weighted by molar-refractivity contribution is 7.90. The Hall–Kier alpha value is -3.31. The molecule has 0 aliphatic carbocycles. The fraction of sp³-hybridized carbons (Fsp3) is 0.238. The molecule has 4 rings (SSSR count). The molecule has 1 atom stereocenters. The van der Waals surface area contributed by atoms with Gasteiger partial charge in [-0.3, -0.25) is 9.59 Å². The van der Waals surface area contributed by atoms with E-state index in [2.05, 4.69) is 15.5 Å². The monoisotopic (exact) mass is 472 g/mol. The van der Waals surface area contributed by atoms with Crippen molar-refractivity contribution < 1.29 is 22.7 Å². The summed E-state index contributed by atoms with van der Waals surface area (Å²) in [5.74, 6) is -0.691. The maximum absolute atomic E-state index is 12.7. The van der Waals surface area contributed by atoms with Gasteiger partial charge in [-0.15, -0.1) is 10.2 Å². The van der Waals surface area contributed by atoms with Crippen LogP contribution in [0.2, 0.25) is 0 Å². The van der Waals surface area contributed by atoms with Crippen LogP contribution in [0.1, 0.15) is 11.4 Å². The number of amides is 2. The first kappa shape index (κ1) is 21.9. The molecule has 1 aromatic heterocycles. The lowest BCUT2D eigenvalue weighted by molar-refractivity contribution is -0.122. The standard InChI is InChI=1S/C21H20N4O5S2/c1-30-16-9-7-15(8-10-16)25-12-14(11-19(25)26)20(27)22-21-24-23-18(31-21)13-32(28,29)17-5-3-2-4-6-17/h2-10,14H,11-13H2,1H3,(H,22,24,27)/t14-/m0/s1. The number of sulfone groups is 1. The summed E-state index contributed by atoms with van der Waals surface area (Å²) in [4.78, 5) is 26.8. The molecular weight excluding hydrogens is 452 g/mol. The lowest BCUT2D eigenvalue weighted by Gasteiger charge is -2.16. The maximum Gasteiger partial charge on any atom is 0.231 e. The number of hydrogen-bond acceptors (Lipinski definition) is 8. The van der Waals surface area contributed by atoms with Gasteiger partial charge in [0.25, 0.3) is 0 Å². The first-order valence-corrected chi connectivity index (χ1v) is 12.2. The Morgan fingerprint density at radius 2 is 1.88 bits per heavy atom. The van der Waals surface area contributed by atoms with Crippen LogP contribution in [-0.4, -0.2) is 44.1 Å². The van der Waals surface area contributed by atoms with Gasteiger partial charge in [-0.2, -0.15) is 0 Å². The number of methoxy groups -OCH3 is 1. The van der Waals surface area contributed by atoms with E-state index in [4.69, 9.17) is 4.74 Å². The third-order valence-corrected chi connectivity index (χ3v) is 7.66. The third-order valence-electron chi connectivity index (χ3n) is 4.99. The zero-order chi connectivity index (χ0) is 22.7. The van der Waals surface area contributed by atoms with Crippen LogP contribution in [0, 0.1) is 5.92 Å². The topological polar surface area (TPSA) is 119 Å².